The Labute approximate surface area is 183 Å². The minimum Gasteiger partial charge on any atom is -0.374 e. The molecule has 10 heteroatoms. The first-order valence-electron chi connectivity index (χ1n) is 10.4. The zero-order chi connectivity index (χ0) is 22.8. The lowest BCUT2D eigenvalue weighted by Gasteiger charge is -2.26. The number of benzene rings is 1. The highest BCUT2D eigenvalue weighted by Crippen LogP contribution is 2.30. The number of amides is 1. The van der Waals surface area contributed by atoms with Crippen LogP contribution in [0.15, 0.2) is 48.7 Å². The second-order valence-electron chi connectivity index (χ2n) is 8.09. The lowest BCUT2D eigenvalue weighted by molar-refractivity contribution is -0.138. The van der Waals surface area contributed by atoms with E-state index < -0.39 is 23.3 Å². The van der Waals surface area contributed by atoms with Crippen molar-refractivity contribution >= 4 is 11.6 Å². The van der Waals surface area contributed by atoms with Gasteiger partial charge in [-0.2, -0.15) is 13.2 Å². The van der Waals surface area contributed by atoms with Crippen molar-refractivity contribution in [1.29, 1.82) is 0 Å². The molecule has 1 amide bonds. The molecule has 2 atom stereocenters. The standard InChI is InChI=1S/C22H24F3N5O2/c1-21(10-5-11-26-21)20(31)27-17(14-32-13-15-6-3-2-4-7-15)19-29-28-18-9-8-16(12-30(18)19)22(23,24)25/h2-4,6-9,12,17,26H,5,10-11,13-14H2,1H3,(H,27,31)/t17-,21?/m1/s1. The molecule has 0 radical (unpaired) electrons. The van der Waals surface area contributed by atoms with Gasteiger partial charge in [0.15, 0.2) is 11.5 Å². The molecule has 4 rings (SSSR count). The second kappa shape index (κ2) is 8.87. The predicted molar refractivity (Wildman–Crippen MR) is 111 cm³/mol. The number of carbonyl (C=O) groups excluding carboxylic acids is 1. The summed E-state index contributed by atoms with van der Waals surface area (Å²) >= 11 is 0. The molecule has 1 aliphatic heterocycles. The molecule has 0 spiro atoms. The van der Waals surface area contributed by atoms with Crippen molar-refractivity contribution in [3.8, 4) is 0 Å². The van der Waals surface area contributed by atoms with Gasteiger partial charge in [0.1, 0.15) is 6.04 Å². The van der Waals surface area contributed by atoms with Crippen LogP contribution >= 0.6 is 0 Å². The highest BCUT2D eigenvalue weighted by atomic mass is 19.4. The number of hydrogen-bond acceptors (Lipinski definition) is 5. The Morgan fingerprint density at radius 2 is 2.03 bits per heavy atom. The van der Waals surface area contributed by atoms with Gasteiger partial charge in [-0.1, -0.05) is 30.3 Å². The molecule has 1 unspecified atom stereocenters. The number of pyridine rings is 1. The minimum absolute atomic E-state index is 0.0216. The van der Waals surface area contributed by atoms with Crippen LogP contribution < -0.4 is 10.6 Å². The lowest BCUT2D eigenvalue weighted by Crippen LogP contribution is -2.52. The van der Waals surface area contributed by atoms with E-state index in [1.54, 1.807) is 6.92 Å². The third-order valence-electron chi connectivity index (χ3n) is 5.64. The van der Waals surface area contributed by atoms with Crippen molar-refractivity contribution < 1.29 is 22.7 Å². The first-order chi connectivity index (χ1) is 15.3. The lowest BCUT2D eigenvalue weighted by atomic mass is 9.99. The summed E-state index contributed by atoms with van der Waals surface area (Å²) in [4.78, 5) is 13.0. The SMILES string of the molecule is CC1(C(=O)N[C@H](COCc2ccccc2)c2nnc3ccc(C(F)(F)F)cn23)CCCN1. The fraction of sp³-hybridized carbons (Fsp3) is 0.409. The third kappa shape index (κ3) is 4.76. The van der Waals surface area contributed by atoms with Gasteiger partial charge in [0.25, 0.3) is 0 Å². The monoisotopic (exact) mass is 447 g/mol. The summed E-state index contributed by atoms with van der Waals surface area (Å²) in [5, 5.41) is 14.1. The zero-order valence-electron chi connectivity index (χ0n) is 17.5. The topological polar surface area (TPSA) is 80.5 Å². The van der Waals surface area contributed by atoms with Crippen LogP contribution in [-0.4, -0.2) is 39.2 Å². The molecule has 1 aromatic carbocycles. The Bertz CT molecular complexity index is 1080. The molecule has 0 aliphatic carbocycles. The summed E-state index contributed by atoms with van der Waals surface area (Å²) in [5.41, 5.74) is -0.395. The molecule has 7 nitrogen and oxygen atoms in total. The second-order valence-corrected chi connectivity index (χ2v) is 8.09. The fourth-order valence-electron chi connectivity index (χ4n) is 3.77. The molecular weight excluding hydrogens is 423 g/mol. The Balaban J connectivity index is 1.61. The number of halogens is 3. The average Bonchev–Trinajstić information content (AvgIpc) is 3.40. The molecular formula is C22H24F3N5O2. The third-order valence-corrected chi connectivity index (χ3v) is 5.64. The van der Waals surface area contributed by atoms with E-state index in [1.165, 1.54) is 10.5 Å². The molecule has 32 heavy (non-hydrogen) atoms. The summed E-state index contributed by atoms with van der Waals surface area (Å²) in [5.74, 6) is -0.0823. The van der Waals surface area contributed by atoms with Crippen LogP contribution in [0.25, 0.3) is 5.65 Å². The first kappa shape index (κ1) is 22.2. The van der Waals surface area contributed by atoms with Gasteiger partial charge in [-0.25, -0.2) is 0 Å². The van der Waals surface area contributed by atoms with Gasteiger partial charge in [-0.05, 0) is 44.0 Å². The Morgan fingerprint density at radius 3 is 2.72 bits per heavy atom. The van der Waals surface area contributed by atoms with E-state index in [1.807, 2.05) is 30.3 Å². The smallest absolute Gasteiger partial charge is 0.374 e. The van der Waals surface area contributed by atoms with Crippen molar-refractivity contribution in [2.45, 2.75) is 44.1 Å². The van der Waals surface area contributed by atoms with Crippen molar-refractivity contribution in [3.05, 3.63) is 65.6 Å². The van der Waals surface area contributed by atoms with Crippen LogP contribution in [0.2, 0.25) is 0 Å². The van der Waals surface area contributed by atoms with Crippen molar-refractivity contribution in [2.24, 2.45) is 0 Å². The van der Waals surface area contributed by atoms with E-state index >= 15 is 0 Å². The Hall–Kier alpha value is -2.98. The molecule has 3 heterocycles. The zero-order valence-corrected chi connectivity index (χ0v) is 17.5. The molecule has 170 valence electrons. The number of rotatable bonds is 7. The molecule has 1 fully saturated rings. The Morgan fingerprint density at radius 1 is 1.25 bits per heavy atom. The van der Waals surface area contributed by atoms with Crippen molar-refractivity contribution in [1.82, 2.24) is 25.2 Å². The number of ether oxygens (including phenoxy) is 1. The first-order valence-corrected chi connectivity index (χ1v) is 10.4. The van der Waals surface area contributed by atoms with E-state index in [2.05, 4.69) is 20.8 Å². The molecule has 1 saturated heterocycles. The number of alkyl halides is 3. The van der Waals surface area contributed by atoms with Gasteiger partial charge in [-0.15, -0.1) is 10.2 Å². The van der Waals surface area contributed by atoms with Gasteiger partial charge in [0, 0.05) is 6.20 Å². The number of carbonyl (C=O) groups is 1. The van der Waals surface area contributed by atoms with Crippen LogP contribution in [0.5, 0.6) is 0 Å². The van der Waals surface area contributed by atoms with Crippen LogP contribution in [0.1, 0.15) is 42.8 Å². The summed E-state index contributed by atoms with van der Waals surface area (Å²) in [7, 11) is 0. The highest BCUT2D eigenvalue weighted by Gasteiger charge is 2.38. The van der Waals surface area contributed by atoms with Crippen LogP contribution in [0.4, 0.5) is 13.2 Å². The van der Waals surface area contributed by atoms with E-state index in [9.17, 15) is 18.0 Å². The quantitative estimate of drug-likeness (QED) is 0.581. The van der Waals surface area contributed by atoms with Crippen molar-refractivity contribution in [3.63, 3.8) is 0 Å². The number of fused-ring (bicyclic) bond motifs is 1. The fourth-order valence-corrected chi connectivity index (χ4v) is 3.77. The summed E-state index contributed by atoms with van der Waals surface area (Å²) in [6, 6.07) is 10.9. The van der Waals surface area contributed by atoms with Crippen LogP contribution in [0.3, 0.4) is 0 Å². The number of hydrogen-bond donors (Lipinski definition) is 2. The van der Waals surface area contributed by atoms with E-state index in [-0.39, 0.29) is 30.6 Å². The molecule has 0 bridgehead atoms. The van der Waals surface area contributed by atoms with E-state index in [0.29, 0.717) is 6.42 Å². The number of nitrogens with one attached hydrogen (secondary N) is 2. The summed E-state index contributed by atoms with van der Waals surface area (Å²) < 4.78 is 46.8. The molecule has 3 aromatic rings. The Kier molecular flexibility index (Phi) is 6.16. The largest absolute Gasteiger partial charge is 0.417 e. The molecule has 0 saturated carbocycles. The maximum absolute atomic E-state index is 13.3. The summed E-state index contributed by atoms with van der Waals surface area (Å²) in [6.45, 7) is 2.84. The maximum atomic E-state index is 13.3. The normalized spacial score (nSPS) is 19.9. The van der Waals surface area contributed by atoms with Crippen LogP contribution in [-0.2, 0) is 22.3 Å². The van der Waals surface area contributed by atoms with Gasteiger partial charge in [0.2, 0.25) is 5.91 Å². The van der Waals surface area contributed by atoms with Gasteiger partial charge in [-0.3, -0.25) is 9.20 Å². The maximum Gasteiger partial charge on any atom is 0.417 e. The van der Waals surface area contributed by atoms with Gasteiger partial charge < -0.3 is 15.4 Å². The predicted octanol–water partition coefficient (Wildman–Crippen LogP) is 3.26. The van der Waals surface area contributed by atoms with Crippen LogP contribution in [0, 0.1) is 0 Å². The van der Waals surface area contributed by atoms with E-state index in [0.717, 1.165) is 30.8 Å². The molecule has 2 N–H and O–H groups in total. The molecule has 1 aliphatic rings. The van der Waals surface area contributed by atoms with Gasteiger partial charge >= 0.3 is 6.18 Å². The average molecular weight is 447 g/mol. The summed E-state index contributed by atoms with van der Waals surface area (Å²) in [6.07, 6.45) is -2.05. The highest BCUT2D eigenvalue weighted by molar-refractivity contribution is 5.86. The van der Waals surface area contributed by atoms with E-state index in [4.69, 9.17) is 4.74 Å². The number of nitrogens with zero attached hydrogens (tertiary/aromatic N) is 3. The molecule has 2 aromatic heterocycles. The minimum atomic E-state index is -4.51. The number of aromatic nitrogens is 3. The van der Waals surface area contributed by atoms with Crippen molar-refractivity contribution in [2.75, 3.05) is 13.2 Å². The van der Waals surface area contributed by atoms with Gasteiger partial charge in [0.05, 0.1) is 24.3 Å².